The van der Waals surface area contributed by atoms with Crippen molar-refractivity contribution in [1.82, 2.24) is 9.97 Å². The summed E-state index contributed by atoms with van der Waals surface area (Å²) in [5.74, 6) is 1.76. The van der Waals surface area contributed by atoms with Crippen LogP contribution < -0.4 is 5.73 Å². The lowest BCUT2D eigenvalue weighted by molar-refractivity contribution is 0.691. The quantitative estimate of drug-likeness (QED) is 0.738. The number of aromatic nitrogens is 2. The second-order valence-electron chi connectivity index (χ2n) is 5.57. The number of halogens is 2. The Kier molecular flexibility index (Phi) is 4.31. The van der Waals surface area contributed by atoms with Gasteiger partial charge in [0.05, 0.1) is 10.2 Å². The number of aryl methyl sites for hydroxylation is 1. The number of nitrogens with zero attached hydrogens (tertiary/aromatic N) is 2. The molecular formula is C16H17Br2N3. The Morgan fingerprint density at radius 3 is 2.52 bits per heavy atom. The summed E-state index contributed by atoms with van der Waals surface area (Å²) in [6, 6.07) is 6.13. The lowest BCUT2D eigenvalue weighted by Gasteiger charge is -2.15. The first-order valence-corrected chi connectivity index (χ1v) is 8.74. The predicted molar refractivity (Wildman–Crippen MR) is 93.2 cm³/mol. The fraction of sp³-hybridized carbons (Fsp3) is 0.375. The van der Waals surface area contributed by atoms with E-state index in [1.165, 1.54) is 25.7 Å². The molecule has 0 atom stereocenters. The lowest BCUT2D eigenvalue weighted by Crippen LogP contribution is -2.06. The number of nitrogens with two attached hydrogens (primary N) is 1. The van der Waals surface area contributed by atoms with Gasteiger partial charge in [-0.15, -0.1) is 0 Å². The van der Waals surface area contributed by atoms with Gasteiger partial charge < -0.3 is 5.73 Å². The van der Waals surface area contributed by atoms with Gasteiger partial charge in [-0.1, -0.05) is 28.8 Å². The van der Waals surface area contributed by atoms with Crippen LogP contribution in [0.25, 0.3) is 11.4 Å². The number of nitrogen functional groups attached to an aromatic ring is 1. The lowest BCUT2D eigenvalue weighted by atomic mass is 10.0. The highest BCUT2D eigenvalue weighted by molar-refractivity contribution is 9.11. The van der Waals surface area contributed by atoms with Crippen molar-refractivity contribution in [3.63, 3.8) is 0 Å². The molecule has 2 N–H and O–H groups in total. The van der Waals surface area contributed by atoms with E-state index in [0.29, 0.717) is 11.7 Å². The standard InChI is InChI=1S/C16H17Br2N3/c1-9-8-11(17)6-7-12(9)16-20-14(10-4-2-3-5-10)13(18)15(19)21-16/h6-8,10H,2-5H2,1H3,(H2,19,20,21). The first kappa shape index (κ1) is 15.0. The molecule has 2 aromatic rings. The van der Waals surface area contributed by atoms with Crippen LogP contribution in [0, 0.1) is 6.92 Å². The maximum atomic E-state index is 6.10. The normalized spacial score (nSPS) is 15.6. The highest BCUT2D eigenvalue weighted by Gasteiger charge is 2.23. The maximum absolute atomic E-state index is 6.10. The highest BCUT2D eigenvalue weighted by atomic mass is 79.9. The summed E-state index contributed by atoms with van der Waals surface area (Å²) in [5.41, 5.74) is 9.35. The van der Waals surface area contributed by atoms with Crippen LogP contribution in [0.2, 0.25) is 0 Å². The number of benzene rings is 1. The van der Waals surface area contributed by atoms with E-state index in [1.54, 1.807) is 0 Å². The Morgan fingerprint density at radius 1 is 1.14 bits per heavy atom. The summed E-state index contributed by atoms with van der Waals surface area (Å²) in [6.45, 7) is 2.07. The molecule has 1 fully saturated rings. The van der Waals surface area contributed by atoms with Crippen molar-refractivity contribution in [2.45, 2.75) is 38.5 Å². The largest absolute Gasteiger partial charge is 0.383 e. The minimum Gasteiger partial charge on any atom is -0.383 e. The number of anilines is 1. The molecule has 1 aromatic carbocycles. The first-order valence-electron chi connectivity index (χ1n) is 7.15. The molecule has 1 aromatic heterocycles. The van der Waals surface area contributed by atoms with Gasteiger partial charge in [0.2, 0.25) is 0 Å². The van der Waals surface area contributed by atoms with E-state index >= 15 is 0 Å². The van der Waals surface area contributed by atoms with Crippen LogP contribution >= 0.6 is 31.9 Å². The average molecular weight is 411 g/mol. The molecule has 1 saturated carbocycles. The van der Waals surface area contributed by atoms with Gasteiger partial charge in [0, 0.05) is 16.0 Å². The third kappa shape index (κ3) is 2.99. The zero-order chi connectivity index (χ0) is 15.0. The van der Waals surface area contributed by atoms with E-state index in [2.05, 4.69) is 49.8 Å². The molecule has 0 amide bonds. The van der Waals surface area contributed by atoms with Crippen LogP contribution in [0.4, 0.5) is 5.82 Å². The minimum atomic E-state index is 0.499. The number of hydrogen-bond acceptors (Lipinski definition) is 3. The van der Waals surface area contributed by atoms with Crippen molar-refractivity contribution in [3.05, 3.63) is 38.4 Å². The van der Waals surface area contributed by atoms with Crippen molar-refractivity contribution in [2.24, 2.45) is 0 Å². The Balaban J connectivity index is 2.10. The van der Waals surface area contributed by atoms with Gasteiger partial charge in [-0.3, -0.25) is 0 Å². The van der Waals surface area contributed by atoms with Crippen LogP contribution in [0.3, 0.4) is 0 Å². The summed E-state index contributed by atoms with van der Waals surface area (Å²) < 4.78 is 1.93. The Labute approximate surface area is 141 Å². The van der Waals surface area contributed by atoms with Crippen LogP contribution in [0.1, 0.15) is 42.9 Å². The summed E-state index contributed by atoms with van der Waals surface area (Å²) in [5, 5.41) is 0. The smallest absolute Gasteiger partial charge is 0.162 e. The Bertz CT molecular complexity index is 679. The maximum Gasteiger partial charge on any atom is 0.162 e. The highest BCUT2D eigenvalue weighted by Crippen LogP contribution is 2.39. The topological polar surface area (TPSA) is 51.8 Å². The first-order chi connectivity index (χ1) is 10.1. The molecule has 1 heterocycles. The second-order valence-corrected chi connectivity index (χ2v) is 7.28. The van der Waals surface area contributed by atoms with Crippen molar-refractivity contribution in [2.75, 3.05) is 5.73 Å². The predicted octanol–water partition coefficient (Wildman–Crippen LogP) is 5.22. The molecular weight excluding hydrogens is 394 g/mol. The second kappa shape index (κ2) is 6.05. The van der Waals surface area contributed by atoms with Crippen molar-refractivity contribution in [1.29, 1.82) is 0 Å². The molecule has 5 heteroatoms. The van der Waals surface area contributed by atoms with Crippen molar-refractivity contribution >= 4 is 37.7 Å². The van der Waals surface area contributed by atoms with Crippen molar-refractivity contribution < 1.29 is 0 Å². The summed E-state index contributed by atoms with van der Waals surface area (Å²) >= 11 is 7.06. The monoisotopic (exact) mass is 409 g/mol. The van der Waals surface area contributed by atoms with Gasteiger partial charge in [0.25, 0.3) is 0 Å². The van der Waals surface area contributed by atoms with Crippen LogP contribution in [0.15, 0.2) is 27.1 Å². The fourth-order valence-electron chi connectivity index (χ4n) is 2.95. The van der Waals surface area contributed by atoms with Gasteiger partial charge in [-0.05, 0) is 59.5 Å². The molecule has 0 radical (unpaired) electrons. The molecule has 0 bridgehead atoms. The van der Waals surface area contributed by atoms with Gasteiger partial charge in [-0.2, -0.15) is 0 Å². The molecule has 21 heavy (non-hydrogen) atoms. The van der Waals surface area contributed by atoms with Gasteiger partial charge in [0.15, 0.2) is 5.82 Å². The van der Waals surface area contributed by atoms with Crippen molar-refractivity contribution in [3.8, 4) is 11.4 Å². The molecule has 0 aliphatic heterocycles. The van der Waals surface area contributed by atoms with Gasteiger partial charge >= 0.3 is 0 Å². The fourth-order valence-corrected chi connectivity index (χ4v) is 3.93. The molecule has 1 aliphatic carbocycles. The Hall–Kier alpha value is -0.940. The minimum absolute atomic E-state index is 0.499. The van der Waals surface area contributed by atoms with Crippen LogP contribution in [-0.2, 0) is 0 Å². The van der Waals surface area contributed by atoms with E-state index in [4.69, 9.17) is 10.7 Å². The van der Waals surface area contributed by atoms with Crippen LogP contribution in [0.5, 0.6) is 0 Å². The molecule has 0 saturated heterocycles. The number of hydrogen-bond donors (Lipinski definition) is 1. The molecule has 1 aliphatic rings. The number of rotatable bonds is 2. The zero-order valence-electron chi connectivity index (χ0n) is 11.9. The van der Waals surface area contributed by atoms with E-state index in [1.807, 2.05) is 12.1 Å². The van der Waals surface area contributed by atoms with E-state index in [0.717, 1.165) is 31.6 Å². The summed E-state index contributed by atoms with van der Waals surface area (Å²) in [6.07, 6.45) is 4.92. The molecule has 3 rings (SSSR count). The van der Waals surface area contributed by atoms with Gasteiger partial charge in [-0.25, -0.2) is 9.97 Å². The van der Waals surface area contributed by atoms with Crippen LogP contribution in [-0.4, -0.2) is 9.97 Å². The third-order valence-corrected chi connectivity index (χ3v) is 5.38. The zero-order valence-corrected chi connectivity index (χ0v) is 15.0. The average Bonchev–Trinajstić information content (AvgIpc) is 2.96. The molecule has 0 spiro atoms. The summed E-state index contributed by atoms with van der Waals surface area (Å²) in [7, 11) is 0. The van der Waals surface area contributed by atoms with Gasteiger partial charge in [0.1, 0.15) is 5.82 Å². The molecule has 110 valence electrons. The molecule has 0 unspecified atom stereocenters. The Morgan fingerprint density at radius 2 is 1.86 bits per heavy atom. The SMILES string of the molecule is Cc1cc(Br)ccc1-c1nc(N)c(Br)c(C2CCCC2)n1. The van der Waals surface area contributed by atoms with E-state index in [9.17, 15) is 0 Å². The summed E-state index contributed by atoms with van der Waals surface area (Å²) in [4.78, 5) is 9.29. The van der Waals surface area contributed by atoms with E-state index < -0.39 is 0 Å². The third-order valence-electron chi connectivity index (χ3n) is 4.07. The van der Waals surface area contributed by atoms with E-state index in [-0.39, 0.29) is 0 Å². The molecule has 3 nitrogen and oxygen atoms in total.